The van der Waals surface area contributed by atoms with Gasteiger partial charge in [-0.3, -0.25) is 9.48 Å². The minimum atomic E-state index is -0.756. The van der Waals surface area contributed by atoms with Gasteiger partial charge in [0, 0.05) is 30.5 Å². The molecule has 3 rings (SSSR count). The fourth-order valence-electron chi connectivity index (χ4n) is 3.23. The van der Waals surface area contributed by atoms with Crippen LogP contribution in [-0.4, -0.2) is 29.8 Å². The summed E-state index contributed by atoms with van der Waals surface area (Å²) in [5.41, 5.74) is 2.24. The van der Waals surface area contributed by atoms with E-state index in [2.05, 4.69) is 10.4 Å². The van der Waals surface area contributed by atoms with Crippen LogP contribution in [0.15, 0.2) is 36.4 Å². The van der Waals surface area contributed by atoms with Gasteiger partial charge in [-0.05, 0) is 37.6 Å². The van der Waals surface area contributed by atoms with E-state index in [-0.39, 0.29) is 11.4 Å². The van der Waals surface area contributed by atoms with E-state index in [4.69, 9.17) is 11.6 Å². The van der Waals surface area contributed by atoms with E-state index in [1.807, 2.05) is 18.2 Å². The zero-order chi connectivity index (χ0) is 21.3. The summed E-state index contributed by atoms with van der Waals surface area (Å²) in [5, 5.41) is 7.59. The quantitative estimate of drug-likeness (QED) is 0.647. The summed E-state index contributed by atoms with van der Waals surface area (Å²) in [6.07, 6.45) is 0. The number of aryl methyl sites for hydroxylation is 1. The molecule has 0 aliphatic carbocycles. The van der Waals surface area contributed by atoms with Crippen LogP contribution in [0.1, 0.15) is 27.3 Å². The summed E-state index contributed by atoms with van der Waals surface area (Å²) in [4.78, 5) is 14.1. The number of benzene rings is 2. The standard InChI is InChI=1S/C21H21ClF2N4O/c1-12-19(13(2)28(26-12)11-14-7-5-6-8-16(14)22)21(29)25-15-9-17(23)20(27(3)4)18(24)10-15/h5-10H,11H2,1-4H3,(H,25,29). The van der Waals surface area contributed by atoms with Crippen molar-refractivity contribution < 1.29 is 13.6 Å². The fourth-order valence-corrected chi connectivity index (χ4v) is 3.42. The van der Waals surface area contributed by atoms with Crippen molar-refractivity contribution in [2.45, 2.75) is 20.4 Å². The third kappa shape index (κ3) is 4.24. The monoisotopic (exact) mass is 418 g/mol. The van der Waals surface area contributed by atoms with E-state index >= 15 is 0 Å². The van der Waals surface area contributed by atoms with Crippen LogP contribution in [0, 0.1) is 25.5 Å². The Bertz CT molecular complexity index is 1060. The van der Waals surface area contributed by atoms with Crippen molar-refractivity contribution in [1.82, 2.24) is 9.78 Å². The summed E-state index contributed by atoms with van der Waals surface area (Å²) in [6.45, 7) is 3.88. The zero-order valence-corrected chi connectivity index (χ0v) is 17.3. The zero-order valence-electron chi connectivity index (χ0n) is 16.6. The van der Waals surface area contributed by atoms with E-state index in [1.165, 1.54) is 4.90 Å². The number of hydrogen-bond donors (Lipinski definition) is 1. The van der Waals surface area contributed by atoms with Crippen LogP contribution < -0.4 is 10.2 Å². The van der Waals surface area contributed by atoms with E-state index in [0.29, 0.717) is 28.5 Å². The normalized spacial score (nSPS) is 10.9. The van der Waals surface area contributed by atoms with Gasteiger partial charge in [-0.15, -0.1) is 0 Å². The third-order valence-electron chi connectivity index (χ3n) is 4.61. The molecular formula is C21H21ClF2N4O. The topological polar surface area (TPSA) is 50.2 Å². The first-order valence-electron chi connectivity index (χ1n) is 8.94. The molecular weight excluding hydrogens is 398 g/mol. The predicted molar refractivity (Wildman–Crippen MR) is 111 cm³/mol. The van der Waals surface area contributed by atoms with Gasteiger partial charge in [0.1, 0.15) is 5.69 Å². The van der Waals surface area contributed by atoms with Gasteiger partial charge < -0.3 is 10.2 Å². The molecule has 2 aromatic carbocycles. The largest absolute Gasteiger partial charge is 0.373 e. The maximum Gasteiger partial charge on any atom is 0.259 e. The van der Waals surface area contributed by atoms with Crippen molar-refractivity contribution in [3.8, 4) is 0 Å². The average molecular weight is 419 g/mol. The molecule has 0 atom stereocenters. The van der Waals surface area contributed by atoms with Crippen LogP contribution in [0.5, 0.6) is 0 Å². The molecule has 0 saturated carbocycles. The van der Waals surface area contributed by atoms with Crippen LogP contribution in [0.3, 0.4) is 0 Å². The molecule has 152 valence electrons. The number of anilines is 2. The van der Waals surface area contributed by atoms with Crippen molar-refractivity contribution >= 4 is 28.9 Å². The van der Waals surface area contributed by atoms with Gasteiger partial charge in [0.25, 0.3) is 5.91 Å². The summed E-state index contributed by atoms with van der Waals surface area (Å²) in [6, 6.07) is 9.57. The number of nitrogens with zero attached hydrogens (tertiary/aromatic N) is 3. The molecule has 0 unspecified atom stereocenters. The number of carbonyl (C=O) groups is 1. The molecule has 1 heterocycles. The number of rotatable bonds is 5. The van der Waals surface area contributed by atoms with Crippen LogP contribution >= 0.6 is 11.6 Å². The van der Waals surface area contributed by atoms with Gasteiger partial charge in [-0.25, -0.2) is 8.78 Å². The first-order valence-corrected chi connectivity index (χ1v) is 9.32. The number of halogens is 3. The van der Waals surface area contributed by atoms with E-state index < -0.39 is 17.5 Å². The molecule has 0 fully saturated rings. The second-order valence-corrected chi connectivity index (χ2v) is 7.34. The summed E-state index contributed by atoms with van der Waals surface area (Å²) in [7, 11) is 3.08. The molecule has 1 N–H and O–H groups in total. The van der Waals surface area contributed by atoms with E-state index in [1.54, 1.807) is 38.7 Å². The Morgan fingerprint density at radius 2 is 1.79 bits per heavy atom. The SMILES string of the molecule is Cc1nn(Cc2ccccc2Cl)c(C)c1C(=O)Nc1cc(F)c(N(C)C)c(F)c1. The second-order valence-electron chi connectivity index (χ2n) is 6.93. The Balaban J connectivity index is 1.87. The van der Waals surface area contributed by atoms with Crippen molar-refractivity contribution in [2.75, 3.05) is 24.3 Å². The van der Waals surface area contributed by atoms with E-state index in [9.17, 15) is 13.6 Å². The molecule has 0 bridgehead atoms. The molecule has 0 aliphatic rings. The highest BCUT2D eigenvalue weighted by Gasteiger charge is 2.21. The Morgan fingerprint density at radius 1 is 1.17 bits per heavy atom. The Labute approximate surface area is 172 Å². The van der Waals surface area contributed by atoms with Crippen LogP contribution in [0.4, 0.5) is 20.2 Å². The van der Waals surface area contributed by atoms with Gasteiger partial charge in [-0.1, -0.05) is 29.8 Å². The Morgan fingerprint density at radius 3 is 2.38 bits per heavy atom. The maximum absolute atomic E-state index is 14.2. The lowest BCUT2D eigenvalue weighted by atomic mass is 10.1. The lowest BCUT2D eigenvalue weighted by Crippen LogP contribution is -2.17. The lowest BCUT2D eigenvalue weighted by molar-refractivity contribution is 0.102. The first kappa shape index (κ1) is 20.8. The van der Waals surface area contributed by atoms with Gasteiger partial charge in [-0.2, -0.15) is 5.10 Å². The highest BCUT2D eigenvalue weighted by Crippen LogP contribution is 2.26. The molecule has 8 heteroatoms. The summed E-state index contributed by atoms with van der Waals surface area (Å²) in [5.74, 6) is -2.00. The molecule has 1 amide bonds. The molecule has 5 nitrogen and oxygen atoms in total. The molecule has 3 aromatic rings. The fraction of sp³-hybridized carbons (Fsp3) is 0.238. The minimum Gasteiger partial charge on any atom is -0.373 e. The Hall–Kier alpha value is -2.93. The molecule has 0 radical (unpaired) electrons. The lowest BCUT2D eigenvalue weighted by Gasteiger charge is -2.16. The first-order chi connectivity index (χ1) is 13.7. The van der Waals surface area contributed by atoms with Crippen LogP contribution in [0.2, 0.25) is 5.02 Å². The van der Waals surface area contributed by atoms with Crippen molar-refractivity contribution in [3.05, 3.63) is 75.6 Å². The number of amides is 1. The second kappa shape index (κ2) is 8.21. The van der Waals surface area contributed by atoms with Crippen molar-refractivity contribution in [2.24, 2.45) is 0 Å². The van der Waals surface area contributed by atoms with E-state index in [0.717, 1.165) is 17.7 Å². The van der Waals surface area contributed by atoms with Gasteiger partial charge >= 0.3 is 0 Å². The smallest absolute Gasteiger partial charge is 0.259 e. The molecule has 1 aromatic heterocycles. The highest BCUT2D eigenvalue weighted by atomic mass is 35.5. The predicted octanol–water partition coefficient (Wildman–Crippen LogP) is 4.80. The maximum atomic E-state index is 14.2. The Kier molecular flexibility index (Phi) is 5.88. The number of aromatic nitrogens is 2. The highest BCUT2D eigenvalue weighted by molar-refractivity contribution is 6.31. The number of hydrogen-bond acceptors (Lipinski definition) is 3. The minimum absolute atomic E-state index is 0.0354. The average Bonchev–Trinajstić information content (AvgIpc) is 2.89. The number of carbonyl (C=O) groups excluding carboxylic acids is 1. The molecule has 0 aliphatic heterocycles. The molecule has 0 saturated heterocycles. The van der Waals surface area contributed by atoms with Crippen molar-refractivity contribution in [3.63, 3.8) is 0 Å². The van der Waals surface area contributed by atoms with Crippen LogP contribution in [-0.2, 0) is 6.54 Å². The number of nitrogens with one attached hydrogen (secondary N) is 1. The van der Waals surface area contributed by atoms with Crippen molar-refractivity contribution in [1.29, 1.82) is 0 Å². The molecule has 0 spiro atoms. The van der Waals surface area contributed by atoms with Gasteiger partial charge in [0.05, 0.1) is 17.8 Å². The summed E-state index contributed by atoms with van der Waals surface area (Å²) < 4.78 is 30.1. The molecule has 29 heavy (non-hydrogen) atoms. The van der Waals surface area contributed by atoms with Crippen LogP contribution in [0.25, 0.3) is 0 Å². The van der Waals surface area contributed by atoms with Gasteiger partial charge in [0.2, 0.25) is 0 Å². The third-order valence-corrected chi connectivity index (χ3v) is 4.98. The summed E-state index contributed by atoms with van der Waals surface area (Å²) >= 11 is 6.21. The van der Waals surface area contributed by atoms with Gasteiger partial charge in [0.15, 0.2) is 11.6 Å².